The fraction of sp³-hybridized carbons (Fsp3) is 0.400. The summed E-state index contributed by atoms with van der Waals surface area (Å²) in [6.07, 6.45) is 1.39. The molecule has 1 aromatic rings. The van der Waals surface area contributed by atoms with Crippen molar-refractivity contribution in [2.24, 2.45) is 0 Å². The van der Waals surface area contributed by atoms with E-state index >= 15 is 0 Å². The number of hydrogen-bond acceptors (Lipinski definition) is 3. The van der Waals surface area contributed by atoms with E-state index in [1.165, 1.54) is 0 Å². The van der Waals surface area contributed by atoms with Gasteiger partial charge in [-0.2, -0.15) is 0 Å². The summed E-state index contributed by atoms with van der Waals surface area (Å²) in [5, 5.41) is 11.5. The van der Waals surface area contributed by atoms with Gasteiger partial charge in [-0.25, -0.2) is 0 Å². The minimum absolute atomic E-state index is 0.0882. The average Bonchev–Trinajstić information content (AvgIpc) is 2.93. The number of carbonyl (C=O) groups is 1. The molecule has 1 amide bonds. The number of anilines is 1. The second kappa shape index (κ2) is 6.37. The van der Waals surface area contributed by atoms with Gasteiger partial charge in [-0.3, -0.25) is 4.79 Å². The molecule has 0 radical (unpaired) electrons. The molecule has 100 valence electrons. The van der Waals surface area contributed by atoms with E-state index in [4.69, 9.17) is 9.84 Å². The minimum atomic E-state index is -0.326. The van der Waals surface area contributed by atoms with E-state index < -0.39 is 0 Å². The van der Waals surface area contributed by atoms with E-state index in [1.807, 2.05) is 25.1 Å². The molecule has 0 aromatic heterocycles. The van der Waals surface area contributed by atoms with Gasteiger partial charge in [0.2, 0.25) is 0 Å². The maximum atomic E-state index is 11.9. The van der Waals surface area contributed by atoms with Crippen molar-refractivity contribution in [2.75, 3.05) is 18.5 Å². The Kier molecular flexibility index (Phi) is 4.56. The highest BCUT2D eigenvalue weighted by Crippen LogP contribution is 2.19. The van der Waals surface area contributed by atoms with E-state index in [0.717, 1.165) is 29.7 Å². The highest BCUT2D eigenvalue weighted by molar-refractivity contribution is 5.95. The van der Waals surface area contributed by atoms with Crippen LogP contribution in [0, 0.1) is 18.8 Å². The van der Waals surface area contributed by atoms with Gasteiger partial charge in [0.25, 0.3) is 5.91 Å². The van der Waals surface area contributed by atoms with Gasteiger partial charge in [0.15, 0.2) is 0 Å². The summed E-state index contributed by atoms with van der Waals surface area (Å²) >= 11 is 0. The summed E-state index contributed by atoms with van der Waals surface area (Å²) in [5.74, 6) is 5.34. The number of rotatable bonds is 2. The Bertz CT molecular complexity index is 522. The van der Waals surface area contributed by atoms with Crippen LogP contribution in [0.15, 0.2) is 18.2 Å². The number of carbonyl (C=O) groups excluding carboxylic acids is 1. The molecule has 1 aromatic carbocycles. The summed E-state index contributed by atoms with van der Waals surface area (Å²) < 4.78 is 5.34. The molecule has 0 bridgehead atoms. The number of aliphatic hydroxyl groups is 1. The molecule has 1 heterocycles. The van der Waals surface area contributed by atoms with E-state index in [9.17, 15) is 4.79 Å². The summed E-state index contributed by atoms with van der Waals surface area (Å²) in [6.45, 7) is 2.42. The normalized spacial score (nSPS) is 17.7. The van der Waals surface area contributed by atoms with Crippen LogP contribution in [0.1, 0.15) is 24.0 Å². The lowest BCUT2D eigenvalue weighted by atomic mass is 10.1. The van der Waals surface area contributed by atoms with Crippen molar-refractivity contribution >= 4 is 11.6 Å². The quantitative estimate of drug-likeness (QED) is 0.790. The lowest BCUT2D eigenvalue weighted by Gasteiger charge is -2.12. The maximum absolute atomic E-state index is 11.9. The highest BCUT2D eigenvalue weighted by Gasteiger charge is 2.23. The second-order valence-electron chi connectivity index (χ2n) is 4.48. The third-order valence-corrected chi connectivity index (χ3v) is 3.02. The maximum Gasteiger partial charge on any atom is 0.253 e. The van der Waals surface area contributed by atoms with E-state index in [1.54, 1.807) is 0 Å². The molecule has 1 aliphatic heterocycles. The first-order valence-electron chi connectivity index (χ1n) is 6.33. The Labute approximate surface area is 112 Å². The van der Waals surface area contributed by atoms with Crippen LogP contribution in [0.25, 0.3) is 0 Å². The van der Waals surface area contributed by atoms with Crippen LogP contribution >= 0.6 is 0 Å². The predicted octanol–water partition coefficient (Wildman–Crippen LogP) is 1.46. The van der Waals surface area contributed by atoms with Crippen LogP contribution in [0.5, 0.6) is 0 Å². The lowest BCUT2D eigenvalue weighted by Crippen LogP contribution is -2.27. The number of nitrogens with one attached hydrogen (secondary N) is 1. The largest absolute Gasteiger partial charge is 0.384 e. The molecule has 4 heteroatoms. The second-order valence-corrected chi connectivity index (χ2v) is 4.48. The van der Waals surface area contributed by atoms with Crippen molar-refractivity contribution in [2.45, 2.75) is 25.9 Å². The van der Waals surface area contributed by atoms with Gasteiger partial charge in [-0.05, 0) is 43.5 Å². The van der Waals surface area contributed by atoms with Crippen LogP contribution in [0.4, 0.5) is 5.69 Å². The Balaban J connectivity index is 2.06. The molecule has 1 fully saturated rings. The predicted molar refractivity (Wildman–Crippen MR) is 72.7 cm³/mol. The van der Waals surface area contributed by atoms with Crippen molar-refractivity contribution in [3.05, 3.63) is 29.3 Å². The van der Waals surface area contributed by atoms with Gasteiger partial charge in [0, 0.05) is 17.9 Å². The van der Waals surface area contributed by atoms with Gasteiger partial charge in [-0.1, -0.05) is 11.8 Å². The summed E-state index contributed by atoms with van der Waals surface area (Å²) in [7, 11) is 0. The van der Waals surface area contributed by atoms with Crippen molar-refractivity contribution in [1.29, 1.82) is 0 Å². The van der Waals surface area contributed by atoms with Gasteiger partial charge in [0.1, 0.15) is 12.7 Å². The molecule has 19 heavy (non-hydrogen) atoms. The summed E-state index contributed by atoms with van der Waals surface area (Å²) in [4.78, 5) is 11.9. The molecular formula is C15H17NO3. The Morgan fingerprint density at radius 1 is 1.58 bits per heavy atom. The van der Waals surface area contributed by atoms with Gasteiger partial charge in [0.05, 0.1) is 0 Å². The van der Waals surface area contributed by atoms with E-state index in [0.29, 0.717) is 6.61 Å². The topological polar surface area (TPSA) is 58.6 Å². The van der Waals surface area contributed by atoms with Crippen molar-refractivity contribution in [1.82, 2.24) is 0 Å². The molecule has 1 atom stereocenters. The highest BCUT2D eigenvalue weighted by atomic mass is 16.5. The molecule has 2 rings (SSSR count). The van der Waals surface area contributed by atoms with Crippen LogP contribution in [-0.2, 0) is 9.53 Å². The Morgan fingerprint density at radius 3 is 3.05 bits per heavy atom. The van der Waals surface area contributed by atoms with E-state index in [2.05, 4.69) is 17.2 Å². The molecular weight excluding hydrogens is 242 g/mol. The first-order valence-corrected chi connectivity index (χ1v) is 6.33. The SMILES string of the molecule is Cc1cc(C#CCO)ccc1NC(=O)C1CCCO1. The fourth-order valence-corrected chi connectivity index (χ4v) is 2.02. The van der Waals surface area contributed by atoms with Crippen LogP contribution in [0.3, 0.4) is 0 Å². The molecule has 1 saturated heterocycles. The van der Waals surface area contributed by atoms with Gasteiger partial charge >= 0.3 is 0 Å². The third-order valence-electron chi connectivity index (χ3n) is 3.02. The third kappa shape index (κ3) is 3.57. The fourth-order valence-electron chi connectivity index (χ4n) is 2.02. The van der Waals surface area contributed by atoms with Gasteiger partial charge < -0.3 is 15.2 Å². The smallest absolute Gasteiger partial charge is 0.253 e. The molecule has 4 nitrogen and oxygen atoms in total. The summed E-state index contributed by atoms with van der Waals surface area (Å²) in [5.41, 5.74) is 2.54. The average molecular weight is 259 g/mol. The van der Waals surface area contributed by atoms with Crippen molar-refractivity contribution in [3.63, 3.8) is 0 Å². The number of aliphatic hydroxyl groups excluding tert-OH is 1. The molecule has 0 aliphatic carbocycles. The number of ether oxygens (including phenoxy) is 1. The zero-order valence-electron chi connectivity index (χ0n) is 10.9. The van der Waals surface area contributed by atoms with Crippen molar-refractivity contribution < 1.29 is 14.6 Å². The first kappa shape index (κ1) is 13.6. The Hall–Kier alpha value is -1.83. The van der Waals surface area contributed by atoms with Crippen LogP contribution in [-0.4, -0.2) is 30.3 Å². The first-order chi connectivity index (χ1) is 9.20. The van der Waals surface area contributed by atoms with Gasteiger partial charge in [-0.15, -0.1) is 0 Å². The van der Waals surface area contributed by atoms with Crippen molar-refractivity contribution in [3.8, 4) is 11.8 Å². The lowest BCUT2D eigenvalue weighted by molar-refractivity contribution is -0.124. The summed E-state index contributed by atoms with van der Waals surface area (Å²) in [6, 6.07) is 5.53. The zero-order valence-corrected chi connectivity index (χ0v) is 10.9. The number of aryl methyl sites for hydroxylation is 1. The monoisotopic (exact) mass is 259 g/mol. The zero-order chi connectivity index (χ0) is 13.7. The number of amides is 1. The molecule has 2 N–H and O–H groups in total. The number of hydrogen-bond donors (Lipinski definition) is 2. The van der Waals surface area contributed by atoms with Crippen LogP contribution < -0.4 is 5.32 Å². The molecule has 1 aliphatic rings. The van der Waals surface area contributed by atoms with E-state index in [-0.39, 0.29) is 18.6 Å². The molecule has 0 saturated carbocycles. The standard InChI is InChI=1S/C15H17NO3/c1-11-10-12(4-2-8-17)6-7-13(11)16-15(18)14-5-3-9-19-14/h6-7,10,14,17H,3,5,8-9H2,1H3,(H,16,18). The number of benzene rings is 1. The minimum Gasteiger partial charge on any atom is -0.384 e. The molecule has 1 unspecified atom stereocenters. The molecule has 0 spiro atoms. The Morgan fingerprint density at radius 2 is 2.42 bits per heavy atom. The van der Waals surface area contributed by atoms with Crippen LogP contribution in [0.2, 0.25) is 0 Å².